The van der Waals surface area contributed by atoms with Gasteiger partial charge in [0.2, 0.25) is 11.8 Å². The number of amides is 3. The van der Waals surface area contributed by atoms with Crippen molar-refractivity contribution in [3.05, 3.63) is 58.8 Å². The minimum absolute atomic E-state index is 0.0480. The highest BCUT2D eigenvalue weighted by Crippen LogP contribution is 2.48. The van der Waals surface area contributed by atoms with Gasteiger partial charge in [-0.25, -0.2) is 0 Å². The van der Waals surface area contributed by atoms with Crippen molar-refractivity contribution in [2.75, 3.05) is 19.7 Å². The van der Waals surface area contributed by atoms with E-state index in [0.717, 1.165) is 49.3 Å². The van der Waals surface area contributed by atoms with Crippen molar-refractivity contribution < 1.29 is 19.1 Å². The lowest BCUT2D eigenvalue weighted by molar-refractivity contribution is -0.136. The van der Waals surface area contributed by atoms with E-state index < -0.39 is 6.04 Å². The molecule has 2 fully saturated rings. The number of hydrogen-bond acceptors (Lipinski definition) is 6. The third kappa shape index (κ3) is 3.26. The average Bonchev–Trinajstić information content (AvgIpc) is 3.57. The molecule has 4 aliphatic heterocycles. The second-order valence-electron chi connectivity index (χ2n) is 10.5. The first-order valence-electron chi connectivity index (χ1n) is 12.6. The summed E-state index contributed by atoms with van der Waals surface area (Å²) in [5, 5.41) is 10.8. The lowest BCUT2D eigenvalue weighted by Crippen LogP contribution is -2.52. The van der Waals surface area contributed by atoms with Crippen LogP contribution in [-0.4, -0.2) is 63.5 Å². The topological polar surface area (TPSA) is 108 Å². The maximum Gasteiger partial charge on any atom is 0.255 e. The SMILES string of the molecule is O=C1CCC(N2Cc3cc4c(cc3C2=O)OCC42CCN(Cc3cccc4[nH]ncc34)CC2)C(=O)N1. The zero-order valence-corrected chi connectivity index (χ0v) is 19.9. The molecular formula is C27H27N5O4. The van der Waals surface area contributed by atoms with Gasteiger partial charge < -0.3 is 9.64 Å². The highest BCUT2D eigenvalue weighted by Gasteiger charge is 2.46. The number of nitrogens with zero attached hydrogens (tertiary/aromatic N) is 3. The molecule has 5 heterocycles. The number of imide groups is 1. The summed E-state index contributed by atoms with van der Waals surface area (Å²) in [6.45, 7) is 3.86. The van der Waals surface area contributed by atoms with Crippen LogP contribution in [0.3, 0.4) is 0 Å². The second-order valence-corrected chi connectivity index (χ2v) is 10.5. The van der Waals surface area contributed by atoms with Crippen molar-refractivity contribution in [2.45, 2.75) is 50.2 Å². The van der Waals surface area contributed by atoms with Crippen LogP contribution in [0, 0.1) is 0 Å². The van der Waals surface area contributed by atoms with Crippen LogP contribution in [0.4, 0.5) is 0 Å². The highest BCUT2D eigenvalue weighted by atomic mass is 16.5. The maximum absolute atomic E-state index is 13.2. The summed E-state index contributed by atoms with van der Waals surface area (Å²) in [6, 6.07) is 9.71. The number of rotatable bonds is 3. The van der Waals surface area contributed by atoms with Crippen LogP contribution in [0.2, 0.25) is 0 Å². The van der Waals surface area contributed by atoms with Crippen LogP contribution in [0.1, 0.15) is 52.7 Å². The molecule has 2 saturated heterocycles. The lowest BCUT2D eigenvalue weighted by atomic mass is 9.73. The summed E-state index contributed by atoms with van der Waals surface area (Å²) in [6.07, 6.45) is 4.50. The fourth-order valence-electron chi connectivity index (χ4n) is 6.38. The molecule has 0 radical (unpaired) electrons. The highest BCUT2D eigenvalue weighted by molar-refractivity contribution is 6.05. The Labute approximate surface area is 207 Å². The van der Waals surface area contributed by atoms with Crippen LogP contribution in [-0.2, 0) is 28.1 Å². The molecule has 2 aromatic carbocycles. The van der Waals surface area contributed by atoms with Gasteiger partial charge in [-0.15, -0.1) is 0 Å². The fourth-order valence-corrected chi connectivity index (χ4v) is 6.38. The molecule has 4 aliphatic rings. The Hall–Kier alpha value is -3.72. The van der Waals surface area contributed by atoms with Crippen molar-refractivity contribution in [1.82, 2.24) is 25.3 Å². The van der Waals surface area contributed by atoms with E-state index in [1.165, 1.54) is 16.5 Å². The molecule has 1 atom stereocenters. The average molecular weight is 486 g/mol. The zero-order chi connectivity index (χ0) is 24.4. The number of H-pyrrole nitrogens is 1. The first kappa shape index (κ1) is 21.6. The lowest BCUT2D eigenvalue weighted by Gasteiger charge is -2.38. The molecule has 184 valence electrons. The van der Waals surface area contributed by atoms with E-state index in [-0.39, 0.29) is 29.6 Å². The molecule has 2 N–H and O–H groups in total. The number of aromatic nitrogens is 2. The van der Waals surface area contributed by atoms with E-state index in [4.69, 9.17) is 4.74 Å². The van der Waals surface area contributed by atoms with Gasteiger partial charge in [-0.3, -0.25) is 29.7 Å². The molecule has 0 aliphatic carbocycles. The Morgan fingerprint density at radius 2 is 2.00 bits per heavy atom. The molecular weight excluding hydrogens is 458 g/mol. The summed E-state index contributed by atoms with van der Waals surface area (Å²) in [5.41, 5.74) is 5.05. The summed E-state index contributed by atoms with van der Waals surface area (Å²) in [5.74, 6) is -0.0207. The summed E-state index contributed by atoms with van der Waals surface area (Å²) < 4.78 is 6.16. The Morgan fingerprint density at radius 1 is 1.14 bits per heavy atom. The number of benzene rings is 2. The van der Waals surface area contributed by atoms with Gasteiger partial charge in [0.15, 0.2) is 0 Å². The van der Waals surface area contributed by atoms with Gasteiger partial charge in [0.05, 0.1) is 18.3 Å². The Kier molecular flexibility index (Phi) is 4.73. The minimum atomic E-state index is -0.602. The molecule has 36 heavy (non-hydrogen) atoms. The largest absolute Gasteiger partial charge is 0.492 e. The molecule has 0 saturated carbocycles. The third-order valence-electron chi connectivity index (χ3n) is 8.48. The number of ether oxygens (including phenoxy) is 1. The summed E-state index contributed by atoms with van der Waals surface area (Å²) >= 11 is 0. The summed E-state index contributed by atoms with van der Waals surface area (Å²) in [7, 11) is 0. The van der Waals surface area contributed by atoms with E-state index in [1.807, 2.05) is 18.3 Å². The first-order valence-corrected chi connectivity index (χ1v) is 12.6. The first-order chi connectivity index (χ1) is 17.5. The van der Waals surface area contributed by atoms with E-state index >= 15 is 0 Å². The van der Waals surface area contributed by atoms with Gasteiger partial charge in [0.25, 0.3) is 5.91 Å². The standard InChI is InChI=1S/C27H27N5O4/c33-24-5-4-22(25(34)29-24)32-14-17-10-20-23(11-18(17)26(32)35)36-15-27(20)6-8-31(9-7-27)13-16-2-1-3-21-19(16)12-28-30-21/h1-3,10-12,22H,4-9,13-15H2,(H,28,30)(H,29,33,34). The molecule has 1 aromatic heterocycles. The monoisotopic (exact) mass is 485 g/mol. The van der Waals surface area contributed by atoms with Crippen molar-refractivity contribution in [2.24, 2.45) is 0 Å². The molecule has 9 nitrogen and oxygen atoms in total. The normalized spacial score (nSPS) is 23.2. The van der Waals surface area contributed by atoms with Gasteiger partial charge in [0, 0.05) is 41.4 Å². The number of nitrogens with one attached hydrogen (secondary N) is 2. The quantitative estimate of drug-likeness (QED) is 0.551. The number of fused-ring (bicyclic) bond motifs is 4. The Balaban J connectivity index is 1.09. The van der Waals surface area contributed by atoms with Crippen LogP contribution in [0.15, 0.2) is 36.5 Å². The number of carbonyl (C=O) groups excluding carboxylic acids is 3. The van der Waals surface area contributed by atoms with Crippen LogP contribution in [0.25, 0.3) is 10.9 Å². The fraction of sp³-hybridized carbons (Fsp3) is 0.407. The molecule has 3 amide bonds. The molecule has 7 rings (SSSR count). The van der Waals surface area contributed by atoms with Crippen LogP contribution >= 0.6 is 0 Å². The Bertz CT molecular complexity index is 1420. The maximum atomic E-state index is 13.2. The van der Waals surface area contributed by atoms with Gasteiger partial charge in [-0.05, 0) is 61.7 Å². The molecule has 0 bridgehead atoms. The predicted molar refractivity (Wildman–Crippen MR) is 130 cm³/mol. The van der Waals surface area contributed by atoms with Gasteiger partial charge in [0.1, 0.15) is 11.8 Å². The molecule has 1 spiro atoms. The smallest absolute Gasteiger partial charge is 0.255 e. The summed E-state index contributed by atoms with van der Waals surface area (Å²) in [4.78, 5) is 41.2. The van der Waals surface area contributed by atoms with E-state index in [9.17, 15) is 14.4 Å². The molecule has 9 heteroatoms. The predicted octanol–water partition coefficient (Wildman–Crippen LogP) is 2.25. The van der Waals surface area contributed by atoms with Gasteiger partial charge >= 0.3 is 0 Å². The number of piperidine rings is 2. The van der Waals surface area contributed by atoms with Gasteiger partial charge in [-0.2, -0.15) is 5.10 Å². The van der Waals surface area contributed by atoms with E-state index in [1.54, 1.807) is 4.90 Å². The second kappa shape index (κ2) is 7.89. The van der Waals surface area contributed by atoms with Crippen LogP contribution < -0.4 is 10.1 Å². The molecule has 1 unspecified atom stereocenters. The van der Waals surface area contributed by atoms with Gasteiger partial charge in [-0.1, -0.05) is 12.1 Å². The zero-order valence-electron chi connectivity index (χ0n) is 19.9. The number of hydrogen-bond donors (Lipinski definition) is 2. The Morgan fingerprint density at radius 3 is 2.83 bits per heavy atom. The number of carbonyl (C=O) groups is 3. The molecule has 3 aromatic rings. The minimum Gasteiger partial charge on any atom is -0.492 e. The van der Waals surface area contributed by atoms with Crippen LogP contribution in [0.5, 0.6) is 5.75 Å². The van der Waals surface area contributed by atoms with E-state index in [2.05, 4.69) is 38.6 Å². The third-order valence-corrected chi connectivity index (χ3v) is 8.48. The number of likely N-dealkylation sites (tertiary alicyclic amines) is 1. The van der Waals surface area contributed by atoms with Crippen molar-refractivity contribution in [3.63, 3.8) is 0 Å². The van der Waals surface area contributed by atoms with Crippen molar-refractivity contribution in [3.8, 4) is 5.75 Å². The number of aromatic amines is 1. The van der Waals surface area contributed by atoms with Crippen molar-refractivity contribution >= 4 is 28.6 Å². The van der Waals surface area contributed by atoms with E-state index in [0.29, 0.717) is 25.1 Å². The van der Waals surface area contributed by atoms with Crippen molar-refractivity contribution in [1.29, 1.82) is 0 Å².